The van der Waals surface area contributed by atoms with Crippen LogP contribution in [0.25, 0.3) is 0 Å². The quantitative estimate of drug-likeness (QED) is 0.726. The van der Waals surface area contributed by atoms with E-state index in [9.17, 15) is 4.79 Å². The van der Waals surface area contributed by atoms with Gasteiger partial charge in [-0.3, -0.25) is 4.79 Å². The van der Waals surface area contributed by atoms with Crippen molar-refractivity contribution < 1.29 is 4.79 Å². The largest absolute Gasteiger partial charge is 0.352 e. The van der Waals surface area contributed by atoms with Crippen molar-refractivity contribution in [2.24, 2.45) is 11.7 Å². The molecule has 1 unspecified atom stereocenters. The van der Waals surface area contributed by atoms with Gasteiger partial charge in [0.15, 0.2) is 0 Å². The Morgan fingerprint density at radius 2 is 1.68 bits per heavy atom. The average molecular weight is 267 g/mol. The summed E-state index contributed by atoms with van der Waals surface area (Å²) in [6.45, 7) is 10.6. The second-order valence-corrected chi connectivity index (χ2v) is 8.03. The molecule has 4 heteroatoms. The van der Waals surface area contributed by atoms with Crippen LogP contribution in [0.1, 0.15) is 60.3 Å². The number of nitrogens with one attached hydrogen (secondary N) is 2. The summed E-state index contributed by atoms with van der Waals surface area (Å²) in [4.78, 5) is 12.4. The third-order valence-corrected chi connectivity index (χ3v) is 4.44. The molecule has 0 aromatic carbocycles. The SMILES string of the molecule is CC1(C)CC(NC(=O)C(C)(N)C2CC2)CC(C)(C)N1. The van der Waals surface area contributed by atoms with Crippen LogP contribution in [0.15, 0.2) is 0 Å². The highest BCUT2D eigenvalue weighted by atomic mass is 16.2. The van der Waals surface area contributed by atoms with E-state index in [4.69, 9.17) is 5.73 Å². The zero-order valence-electron chi connectivity index (χ0n) is 13.0. The fraction of sp³-hybridized carbons (Fsp3) is 0.933. The van der Waals surface area contributed by atoms with Gasteiger partial charge in [0, 0.05) is 17.1 Å². The summed E-state index contributed by atoms with van der Waals surface area (Å²) in [6, 6.07) is 0.209. The topological polar surface area (TPSA) is 67.2 Å². The minimum atomic E-state index is -0.695. The fourth-order valence-corrected chi connectivity index (χ4v) is 3.63. The summed E-state index contributed by atoms with van der Waals surface area (Å²) in [7, 11) is 0. The molecule has 1 amide bonds. The Kier molecular flexibility index (Phi) is 3.47. The Hall–Kier alpha value is -0.610. The summed E-state index contributed by atoms with van der Waals surface area (Å²) in [6.07, 6.45) is 4.07. The van der Waals surface area contributed by atoms with E-state index in [0.717, 1.165) is 25.7 Å². The van der Waals surface area contributed by atoms with Gasteiger partial charge in [-0.2, -0.15) is 0 Å². The zero-order valence-corrected chi connectivity index (χ0v) is 13.0. The molecule has 4 N–H and O–H groups in total. The first-order valence-electron chi connectivity index (χ1n) is 7.41. The van der Waals surface area contributed by atoms with E-state index in [1.807, 2.05) is 6.92 Å². The first-order chi connectivity index (χ1) is 8.52. The first kappa shape index (κ1) is 14.8. The maximum Gasteiger partial charge on any atom is 0.240 e. The predicted octanol–water partition coefficient (Wildman–Crippen LogP) is 1.54. The van der Waals surface area contributed by atoms with Gasteiger partial charge in [-0.05, 0) is 66.2 Å². The number of carbonyl (C=O) groups is 1. The maximum atomic E-state index is 12.4. The van der Waals surface area contributed by atoms with Gasteiger partial charge in [-0.15, -0.1) is 0 Å². The van der Waals surface area contributed by atoms with Gasteiger partial charge in [0.2, 0.25) is 5.91 Å². The minimum absolute atomic E-state index is 0.0218. The van der Waals surface area contributed by atoms with Crippen LogP contribution in [0.3, 0.4) is 0 Å². The Balaban J connectivity index is 2.00. The van der Waals surface area contributed by atoms with E-state index in [0.29, 0.717) is 5.92 Å². The van der Waals surface area contributed by atoms with Gasteiger partial charge >= 0.3 is 0 Å². The number of hydrogen-bond acceptors (Lipinski definition) is 3. The van der Waals surface area contributed by atoms with Crippen molar-refractivity contribution in [3.8, 4) is 0 Å². The van der Waals surface area contributed by atoms with Crippen LogP contribution in [-0.4, -0.2) is 28.6 Å². The van der Waals surface area contributed by atoms with Crippen LogP contribution < -0.4 is 16.4 Å². The highest BCUT2D eigenvalue weighted by molar-refractivity contribution is 5.86. The van der Waals surface area contributed by atoms with Gasteiger partial charge in [0.1, 0.15) is 0 Å². The van der Waals surface area contributed by atoms with E-state index in [1.165, 1.54) is 0 Å². The van der Waals surface area contributed by atoms with Gasteiger partial charge in [-0.25, -0.2) is 0 Å². The molecule has 4 nitrogen and oxygen atoms in total. The maximum absolute atomic E-state index is 12.4. The van der Waals surface area contributed by atoms with Gasteiger partial charge in [-0.1, -0.05) is 0 Å². The molecule has 19 heavy (non-hydrogen) atoms. The fourth-order valence-electron chi connectivity index (χ4n) is 3.63. The second-order valence-electron chi connectivity index (χ2n) is 8.03. The third-order valence-electron chi connectivity index (χ3n) is 4.44. The van der Waals surface area contributed by atoms with E-state index in [2.05, 4.69) is 38.3 Å². The van der Waals surface area contributed by atoms with Crippen molar-refractivity contribution >= 4 is 5.91 Å². The highest BCUT2D eigenvalue weighted by Crippen LogP contribution is 2.38. The van der Waals surface area contributed by atoms with Crippen molar-refractivity contribution in [3.63, 3.8) is 0 Å². The number of nitrogens with two attached hydrogens (primary N) is 1. The molecular formula is C15H29N3O. The normalized spacial score (nSPS) is 29.6. The molecule has 110 valence electrons. The number of amides is 1. The molecule has 1 heterocycles. The number of piperidine rings is 1. The number of hydrogen-bond donors (Lipinski definition) is 3. The Bertz CT molecular complexity index is 354. The van der Waals surface area contributed by atoms with Crippen molar-refractivity contribution in [2.45, 2.75) is 83.0 Å². The van der Waals surface area contributed by atoms with Gasteiger partial charge in [0.05, 0.1) is 5.54 Å². The molecule has 1 saturated carbocycles. The summed E-state index contributed by atoms with van der Waals surface area (Å²) in [5, 5.41) is 6.81. The van der Waals surface area contributed by atoms with E-state index in [-0.39, 0.29) is 23.0 Å². The molecule has 0 aromatic heterocycles. The Morgan fingerprint density at radius 3 is 2.11 bits per heavy atom. The van der Waals surface area contributed by atoms with Crippen molar-refractivity contribution in [1.82, 2.24) is 10.6 Å². The lowest BCUT2D eigenvalue weighted by molar-refractivity contribution is -0.127. The molecule has 1 saturated heterocycles. The van der Waals surface area contributed by atoms with E-state index < -0.39 is 5.54 Å². The molecule has 0 spiro atoms. The van der Waals surface area contributed by atoms with E-state index in [1.54, 1.807) is 0 Å². The predicted molar refractivity (Wildman–Crippen MR) is 77.8 cm³/mol. The standard InChI is InChI=1S/C15H29N3O/c1-13(2)8-11(9-14(3,4)18-13)17-12(19)15(5,16)10-6-7-10/h10-11,18H,6-9,16H2,1-5H3,(H,17,19). The summed E-state index contributed by atoms with van der Waals surface area (Å²) >= 11 is 0. The second kappa shape index (κ2) is 4.45. The first-order valence-corrected chi connectivity index (χ1v) is 7.41. The molecule has 2 aliphatic rings. The number of carbonyl (C=O) groups excluding carboxylic acids is 1. The molecule has 0 aromatic rings. The van der Waals surface area contributed by atoms with Gasteiger partial charge < -0.3 is 16.4 Å². The lowest BCUT2D eigenvalue weighted by Gasteiger charge is -2.47. The lowest BCUT2D eigenvalue weighted by Crippen LogP contribution is -2.64. The summed E-state index contributed by atoms with van der Waals surface area (Å²) < 4.78 is 0. The molecule has 1 aliphatic carbocycles. The van der Waals surface area contributed by atoms with Crippen LogP contribution >= 0.6 is 0 Å². The highest BCUT2D eigenvalue weighted by Gasteiger charge is 2.46. The molecular weight excluding hydrogens is 238 g/mol. The van der Waals surface area contributed by atoms with Crippen molar-refractivity contribution in [3.05, 3.63) is 0 Å². The monoisotopic (exact) mass is 267 g/mol. The van der Waals surface area contributed by atoms with Crippen molar-refractivity contribution in [1.29, 1.82) is 0 Å². The Morgan fingerprint density at radius 1 is 1.21 bits per heavy atom. The van der Waals surface area contributed by atoms with E-state index >= 15 is 0 Å². The molecule has 1 aliphatic heterocycles. The summed E-state index contributed by atoms with van der Waals surface area (Å²) in [5.74, 6) is 0.392. The minimum Gasteiger partial charge on any atom is -0.352 e. The molecule has 2 fully saturated rings. The van der Waals surface area contributed by atoms with Crippen LogP contribution in [0.4, 0.5) is 0 Å². The molecule has 0 bridgehead atoms. The summed E-state index contributed by atoms with van der Waals surface area (Å²) in [5.41, 5.74) is 5.59. The van der Waals surface area contributed by atoms with Crippen LogP contribution in [0, 0.1) is 5.92 Å². The Labute approximate surface area is 116 Å². The third kappa shape index (κ3) is 3.48. The van der Waals surface area contributed by atoms with Crippen molar-refractivity contribution in [2.75, 3.05) is 0 Å². The van der Waals surface area contributed by atoms with Crippen LogP contribution in [0.5, 0.6) is 0 Å². The number of rotatable bonds is 3. The van der Waals surface area contributed by atoms with Gasteiger partial charge in [0.25, 0.3) is 0 Å². The molecule has 1 atom stereocenters. The molecule has 0 radical (unpaired) electrons. The van der Waals surface area contributed by atoms with Crippen LogP contribution in [-0.2, 0) is 4.79 Å². The smallest absolute Gasteiger partial charge is 0.240 e. The average Bonchev–Trinajstić information content (AvgIpc) is 2.93. The lowest BCUT2D eigenvalue weighted by atomic mass is 9.79. The van der Waals surface area contributed by atoms with Crippen LogP contribution in [0.2, 0.25) is 0 Å². The molecule has 2 rings (SSSR count). The zero-order chi connectivity index (χ0) is 14.5.